The van der Waals surface area contributed by atoms with Gasteiger partial charge in [-0.1, -0.05) is 122 Å². The van der Waals surface area contributed by atoms with Crippen molar-refractivity contribution in [2.75, 3.05) is 4.90 Å². The molecule has 0 spiro atoms. The van der Waals surface area contributed by atoms with Gasteiger partial charge in [0.05, 0.1) is 5.69 Å². The van der Waals surface area contributed by atoms with Crippen molar-refractivity contribution in [3.05, 3.63) is 247 Å². The van der Waals surface area contributed by atoms with E-state index in [2.05, 4.69) is 207 Å². The summed E-state index contributed by atoms with van der Waals surface area (Å²) in [5.41, 5.74) is 17.1. The van der Waals surface area contributed by atoms with Crippen LogP contribution in [0.1, 0.15) is 58.6 Å². The zero-order chi connectivity index (χ0) is 37.4. The van der Waals surface area contributed by atoms with E-state index in [1.807, 2.05) is 18.2 Å². The normalized spacial score (nSPS) is 14.9. The van der Waals surface area contributed by atoms with Crippen LogP contribution in [0.2, 0.25) is 0 Å². The Labute approximate surface area is 376 Å². The second-order valence-electron chi connectivity index (χ2n) is 14.3. The molecule has 0 aromatic heterocycles. The molecule has 1 saturated carbocycles. The van der Waals surface area contributed by atoms with Crippen molar-refractivity contribution in [3.8, 4) is 22.3 Å². The Bertz CT molecular complexity index is 2400. The molecule has 1 heterocycles. The molecule has 0 N–H and O–H groups in total. The molecule has 0 atom stereocenters. The van der Waals surface area contributed by atoms with Crippen LogP contribution in [0, 0.1) is 19.4 Å². The number of allylic oxidation sites excluding steroid dienone is 4. The number of para-hydroxylation sites is 2. The van der Waals surface area contributed by atoms with Crippen molar-refractivity contribution in [1.29, 1.82) is 0 Å². The third-order valence-corrected chi connectivity index (χ3v) is 10.7. The van der Waals surface area contributed by atoms with Gasteiger partial charge in [0, 0.05) is 17.5 Å². The van der Waals surface area contributed by atoms with Gasteiger partial charge >= 0.3 is 51.4 Å². The molecule has 0 saturated heterocycles. The summed E-state index contributed by atoms with van der Waals surface area (Å²) in [7, 11) is 0. The minimum absolute atomic E-state index is 0. The van der Waals surface area contributed by atoms with E-state index in [-0.39, 0.29) is 51.4 Å². The summed E-state index contributed by atoms with van der Waals surface area (Å²) in [6.07, 6.45) is 12.7. The van der Waals surface area contributed by atoms with Gasteiger partial charge in [-0.25, -0.2) is 0 Å². The molecule has 0 amide bonds. The zero-order valence-corrected chi connectivity index (χ0v) is 35.5. The average molecular weight is 747 g/mol. The van der Waals surface area contributed by atoms with E-state index in [0.717, 1.165) is 28.1 Å². The standard InChI is InChI=1S/C41H34N.C13H11.K/c1-29-23-24-33(28-39(29)41-37(31-13-5-3-6-14-31)20-12-21-38(41)32-15-11-16-32)34-25-26-42(35-17-7-4-8-18-35)40-22-10-9-19-36(40)30(2)27-34;1-3-7-12(8-4-1)11-13-9-5-2-6-10-13;/h3-5,7-10,12-14,17-28,32H,2,11,15-16H2,1H3;1-11H;/q2*-1;+1/b26-25-,34-27+;;. The van der Waals surface area contributed by atoms with E-state index in [1.165, 1.54) is 69.3 Å². The van der Waals surface area contributed by atoms with Crippen LogP contribution in [0.3, 0.4) is 0 Å². The van der Waals surface area contributed by atoms with E-state index >= 15 is 0 Å². The fraction of sp³-hybridized carbons (Fsp3) is 0.0926. The van der Waals surface area contributed by atoms with Crippen molar-refractivity contribution in [2.24, 2.45) is 0 Å². The summed E-state index contributed by atoms with van der Waals surface area (Å²) < 4.78 is 0. The first-order chi connectivity index (χ1) is 27.1. The number of anilines is 2. The molecule has 1 fully saturated rings. The van der Waals surface area contributed by atoms with E-state index < -0.39 is 0 Å². The molecule has 268 valence electrons. The second kappa shape index (κ2) is 18.8. The molecular weight excluding hydrogens is 702 g/mol. The summed E-state index contributed by atoms with van der Waals surface area (Å²) in [6.45, 7) is 6.77. The molecule has 7 aromatic rings. The molecule has 0 radical (unpaired) electrons. The second-order valence-corrected chi connectivity index (χ2v) is 14.3. The minimum atomic E-state index is 0. The molecule has 0 unspecified atom stereocenters. The van der Waals surface area contributed by atoms with Gasteiger partial charge in [0.2, 0.25) is 0 Å². The SMILES string of the molecule is C=C1/C=C(c2ccc(C)c(-c3c(-c4c[c-]ccc4)cccc3C3CCC3)c2)\C=C/N(c2ccccc2)c2ccccc21.[K+].c1ccc([CH-]c2ccccc2)cc1. The van der Waals surface area contributed by atoms with E-state index in [4.69, 9.17) is 0 Å². The maximum absolute atomic E-state index is 4.53. The Balaban J connectivity index is 0.000000291. The van der Waals surface area contributed by atoms with Crippen molar-refractivity contribution in [1.82, 2.24) is 0 Å². The monoisotopic (exact) mass is 746 g/mol. The van der Waals surface area contributed by atoms with Gasteiger partial charge in [-0.2, -0.15) is 30.3 Å². The number of nitrogens with zero attached hydrogens (tertiary/aromatic N) is 1. The first kappa shape index (κ1) is 39.3. The van der Waals surface area contributed by atoms with Crippen molar-refractivity contribution < 1.29 is 51.4 Å². The Morgan fingerprint density at radius 2 is 1.30 bits per heavy atom. The number of hydrogen-bond acceptors (Lipinski definition) is 1. The number of benzene rings is 7. The van der Waals surface area contributed by atoms with E-state index in [0.29, 0.717) is 5.92 Å². The van der Waals surface area contributed by atoms with Gasteiger partial charge in [-0.3, -0.25) is 0 Å². The predicted molar refractivity (Wildman–Crippen MR) is 234 cm³/mol. The molecule has 0 bridgehead atoms. The van der Waals surface area contributed by atoms with Crippen molar-refractivity contribution in [3.63, 3.8) is 0 Å². The van der Waals surface area contributed by atoms with E-state index in [9.17, 15) is 0 Å². The van der Waals surface area contributed by atoms with Crippen LogP contribution in [0.15, 0.2) is 201 Å². The fourth-order valence-corrected chi connectivity index (χ4v) is 7.59. The predicted octanol–water partition coefficient (Wildman–Crippen LogP) is 11.5. The van der Waals surface area contributed by atoms with Crippen LogP contribution >= 0.6 is 0 Å². The summed E-state index contributed by atoms with van der Waals surface area (Å²) in [5.74, 6) is 0.618. The Kier molecular flexibility index (Phi) is 13.2. The van der Waals surface area contributed by atoms with E-state index in [1.54, 1.807) is 0 Å². The molecule has 56 heavy (non-hydrogen) atoms. The largest absolute Gasteiger partial charge is 1.00 e. The smallest absolute Gasteiger partial charge is 0.317 e. The number of hydrogen-bond donors (Lipinski definition) is 0. The third kappa shape index (κ3) is 9.03. The quantitative estimate of drug-likeness (QED) is 0.116. The molecule has 1 nitrogen and oxygen atoms in total. The van der Waals surface area contributed by atoms with Gasteiger partial charge < -0.3 is 4.90 Å². The molecule has 9 rings (SSSR count). The molecule has 2 heteroatoms. The Morgan fingerprint density at radius 3 is 1.96 bits per heavy atom. The molecule has 1 aliphatic carbocycles. The third-order valence-electron chi connectivity index (χ3n) is 10.7. The van der Waals surface area contributed by atoms with Gasteiger partial charge in [0.25, 0.3) is 0 Å². The van der Waals surface area contributed by atoms with Gasteiger partial charge in [0.15, 0.2) is 0 Å². The average Bonchev–Trinajstić information content (AvgIpc) is 3.21. The van der Waals surface area contributed by atoms with Crippen LogP contribution in [0.25, 0.3) is 33.4 Å². The summed E-state index contributed by atoms with van der Waals surface area (Å²) >= 11 is 0. The molecule has 1 aliphatic heterocycles. The first-order valence-electron chi connectivity index (χ1n) is 19.3. The molecule has 7 aromatic carbocycles. The van der Waals surface area contributed by atoms with Crippen LogP contribution < -0.4 is 56.3 Å². The van der Waals surface area contributed by atoms with Crippen LogP contribution in [0.4, 0.5) is 11.4 Å². The van der Waals surface area contributed by atoms with Crippen molar-refractivity contribution >= 4 is 22.5 Å². The zero-order valence-electron chi connectivity index (χ0n) is 32.4. The summed E-state index contributed by atoms with van der Waals surface area (Å²) in [5, 5.41) is 0. The molecular formula is C54H45KN-. The minimum Gasteiger partial charge on any atom is -0.317 e. The molecule has 2 aliphatic rings. The Hall–Kier alpha value is -4.93. The maximum Gasteiger partial charge on any atom is 1.00 e. The number of rotatable bonds is 7. The van der Waals surface area contributed by atoms with Crippen LogP contribution in [0.5, 0.6) is 0 Å². The topological polar surface area (TPSA) is 3.24 Å². The Morgan fingerprint density at radius 1 is 0.643 bits per heavy atom. The van der Waals surface area contributed by atoms with Crippen LogP contribution in [-0.2, 0) is 0 Å². The van der Waals surface area contributed by atoms with Gasteiger partial charge in [0.1, 0.15) is 0 Å². The van der Waals surface area contributed by atoms with Gasteiger partial charge in [-0.15, -0.1) is 47.4 Å². The van der Waals surface area contributed by atoms with Gasteiger partial charge in [-0.05, 0) is 101 Å². The number of fused-ring (bicyclic) bond motifs is 1. The number of aryl methyl sites for hydroxylation is 1. The summed E-state index contributed by atoms with van der Waals surface area (Å²) in [4.78, 5) is 2.26. The first-order valence-corrected chi connectivity index (χ1v) is 19.3. The fourth-order valence-electron chi connectivity index (χ4n) is 7.59. The maximum atomic E-state index is 4.53. The van der Waals surface area contributed by atoms with Crippen LogP contribution in [-0.4, -0.2) is 0 Å². The van der Waals surface area contributed by atoms with Crippen molar-refractivity contribution in [2.45, 2.75) is 32.1 Å². The summed E-state index contributed by atoms with van der Waals surface area (Å²) in [6, 6.07) is 65.2.